The van der Waals surface area contributed by atoms with Crippen LogP contribution in [-0.4, -0.2) is 35.5 Å². The van der Waals surface area contributed by atoms with Gasteiger partial charge in [-0.2, -0.15) is 0 Å². The van der Waals surface area contributed by atoms with E-state index in [4.69, 9.17) is 0 Å². The highest BCUT2D eigenvalue weighted by Crippen LogP contribution is 2.21. The number of carbonyl (C=O) groups excluding carboxylic acids is 1. The van der Waals surface area contributed by atoms with Crippen LogP contribution < -0.4 is 10.2 Å². The third-order valence-electron chi connectivity index (χ3n) is 4.64. The first kappa shape index (κ1) is 17.4. The molecule has 1 saturated heterocycles. The molecule has 25 heavy (non-hydrogen) atoms. The lowest BCUT2D eigenvalue weighted by Crippen LogP contribution is -2.35. The SMILES string of the molecule is CC1CCCN(c2cc(C(=O)NCCCc3ccccc3)ncn2)C1. The molecule has 1 amide bonds. The molecule has 0 aliphatic carbocycles. The minimum Gasteiger partial charge on any atom is -0.356 e. The van der Waals surface area contributed by atoms with E-state index in [0.29, 0.717) is 18.2 Å². The van der Waals surface area contributed by atoms with E-state index in [2.05, 4.69) is 39.2 Å². The van der Waals surface area contributed by atoms with Crippen molar-refractivity contribution in [1.82, 2.24) is 15.3 Å². The Morgan fingerprint density at radius 3 is 2.92 bits per heavy atom. The van der Waals surface area contributed by atoms with Gasteiger partial charge in [-0.05, 0) is 37.2 Å². The fourth-order valence-electron chi connectivity index (χ4n) is 3.27. The smallest absolute Gasteiger partial charge is 0.270 e. The molecule has 1 atom stereocenters. The van der Waals surface area contributed by atoms with E-state index in [1.807, 2.05) is 24.3 Å². The van der Waals surface area contributed by atoms with E-state index in [9.17, 15) is 4.79 Å². The summed E-state index contributed by atoms with van der Waals surface area (Å²) in [6.07, 6.45) is 5.80. The van der Waals surface area contributed by atoms with Crippen LogP contribution in [0.25, 0.3) is 0 Å². The number of piperidine rings is 1. The Hall–Kier alpha value is -2.43. The highest BCUT2D eigenvalue weighted by molar-refractivity contribution is 5.92. The van der Waals surface area contributed by atoms with E-state index in [1.165, 1.54) is 24.7 Å². The molecule has 0 spiro atoms. The number of hydrogen-bond donors (Lipinski definition) is 1. The normalized spacial score (nSPS) is 17.3. The summed E-state index contributed by atoms with van der Waals surface area (Å²) >= 11 is 0. The van der Waals surface area contributed by atoms with E-state index >= 15 is 0 Å². The molecule has 0 saturated carbocycles. The lowest BCUT2D eigenvalue weighted by atomic mass is 10.0. The summed E-state index contributed by atoms with van der Waals surface area (Å²) in [6, 6.07) is 12.1. The molecule has 1 aliphatic heterocycles. The van der Waals surface area contributed by atoms with E-state index < -0.39 is 0 Å². The summed E-state index contributed by atoms with van der Waals surface area (Å²) in [5, 5.41) is 2.96. The van der Waals surface area contributed by atoms with Crippen molar-refractivity contribution >= 4 is 11.7 Å². The van der Waals surface area contributed by atoms with Crippen LogP contribution >= 0.6 is 0 Å². The second-order valence-electron chi connectivity index (χ2n) is 6.80. The zero-order valence-electron chi connectivity index (χ0n) is 14.8. The number of benzene rings is 1. The number of aryl methyl sites for hydroxylation is 1. The van der Waals surface area contributed by atoms with Gasteiger partial charge in [0.1, 0.15) is 17.8 Å². The zero-order chi connectivity index (χ0) is 17.5. The van der Waals surface area contributed by atoms with E-state index in [1.54, 1.807) is 0 Å². The van der Waals surface area contributed by atoms with Crippen LogP contribution in [0.15, 0.2) is 42.7 Å². The lowest BCUT2D eigenvalue weighted by molar-refractivity contribution is 0.0948. The Labute approximate surface area is 149 Å². The van der Waals surface area contributed by atoms with Gasteiger partial charge in [0.2, 0.25) is 0 Å². The number of nitrogens with zero attached hydrogens (tertiary/aromatic N) is 3. The molecule has 1 fully saturated rings. The van der Waals surface area contributed by atoms with Crippen molar-refractivity contribution in [3.63, 3.8) is 0 Å². The number of amides is 1. The van der Waals surface area contributed by atoms with Crippen molar-refractivity contribution in [1.29, 1.82) is 0 Å². The fourth-order valence-corrected chi connectivity index (χ4v) is 3.27. The van der Waals surface area contributed by atoms with Gasteiger partial charge < -0.3 is 10.2 Å². The van der Waals surface area contributed by atoms with Crippen molar-refractivity contribution < 1.29 is 4.79 Å². The van der Waals surface area contributed by atoms with Crippen LogP contribution in [0, 0.1) is 5.92 Å². The summed E-state index contributed by atoms with van der Waals surface area (Å²) in [5.74, 6) is 1.40. The molecule has 0 radical (unpaired) electrons. The topological polar surface area (TPSA) is 58.1 Å². The Balaban J connectivity index is 1.51. The molecule has 5 heteroatoms. The molecule has 132 valence electrons. The minimum absolute atomic E-state index is 0.123. The maximum atomic E-state index is 12.3. The quantitative estimate of drug-likeness (QED) is 0.823. The Morgan fingerprint density at radius 2 is 2.12 bits per heavy atom. The van der Waals surface area contributed by atoms with Crippen LogP contribution in [0.2, 0.25) is 0 Å². The second kappa shape index (κ2) is 8.60. The van der Waals surface area contributed by atoms with Crippen molar-refractivity contribution in [2.45, 2.75) is 32.6 Å². The average molecular weight is 338 g/mol. The third-order valence-corrected chi connectivity index (χ3v) is 4.64. The first-order valence-corrected chi connectivity index (χ1v) is 9.11. The van der Waals surface area contributed by atoms with Gasteiger partial charge in [-0.3, -0.25) is 4.79 Å². The summed E-state index contributed by atoms with van der Waals surface area (Å²) in [5.41, 5.74) is 1.74. The zero-order valence-corrected chi connectivity index (χ0v) is 14.8. The molecular weight excluding hydrogens is 312 g/mol. The van der Waals surface area contributed by atoms with Crippen LogP contribution in [0.4, 0.5) is 5.82 Å². The summed E-state index contributed by atoms with van der Waals surface area (Å²) < 4.78 is 0. The molecule has 1 unspecified atom stereocenters. The van der Waals surface area contributed by atoms with Gasteiger partial charge in [0.05, 0.1) is 0 Å². The highest BCUT2D eigenvalue weighted by Gasteiger charge is 2.19. The molecule has 3 rings (SSSR count). The van der Waals surface area contributed by atoms with Crippen LogP contribution in [0.1, 0.15) is 42.2 Å². The average Bonchev–Trinajstić information content (AvgIpc) is 2.66. The largest absolute Gasteiger partial charge is 0.356 e. The highest BCUT2D eigenvalue weighted by atomic mass is 16.1. The minimum atomic E-state index is -0.123. The van der Waals surface area contributed by atoms with Gasteiger partial charge in [0.15, 0.2) is 0 Å². The van der Waals surface area contributed by atoms with Crippen LogP contribution in [-0.2, 0) is 6.42 Å². The molecule has 2 heterocycles. The Morgan fingerprint density at radius 1 is 1.28 bits per heavy atom. The number of anilines is 1. The first-order chi connectivity index (χ1) is 12.2. The van der Waals surface area contributed by atoms with Gasteiger partial charge in [-0.15, -0.1) is 0 Å². The van der Waals surface area contributed by atoms with E-state index in [-0.39, 0.29) is 5.91 Å². The number of hydrogen-bond acceptors (Lipinski definition) is 4. The summed E-state index contributed by atoms with van der Waals surface area (Å²) in [4.78, 5) is 23.1. The van der Waals surface area contributed by atoms with Crippen LogP contribution in [0.3, 0.4) is 0 Å². The van der Waals surface area contributed by atoms with Crippen molar-refractivity contribution in [3.8, 4) is 0 Å². The predicted octanol–water partition coefficient (Wildman–Crippen LogP) is 3.08. The summed E-state index contributed by atoms with van der Waals surface area (Å²) in [7, 11) is 0. The monoisotopic (exact) mass is 338 g/mol. The molecule has 1 aliphatic rings. The Bertz CT molecular complexity index is 689. The van der Waals surface area contributed by atoms with Gasteiger partial charge in [0.25, 0.3) is 5.91 Å². The van der Waals surface area contributed by atoms with E-state index in [0.717, 1.165) is 31.7 Å². The van der Waals surface area contributed by atoms with Crippen LogP contribution in [0.5, 0.6) is 0 Å². The predicted molar refractivity (Wildman–Crippen MR) is 99.7 cm³/mol. The van der Waals surface area contributed by atoms with Crippen molar-refractivity contribution in [2.75, 3.05) is 24.5 Å². The van der Waals surface area contributed by atoms with Gasteiger partial charge in [-0.1, -0.05) is 37.3 Å². The van der Waals surface area contributed by atoms with Crippen molar-refractivity contribution in [3.05, 3.63) is 54.0 Å². The number of rotatable bonds is 6. The third kappa shape index (κ3) is 5.02. The van der Waals surface area contributed by atoms with Gasteiger partial charge in [0, 0.05) is 25.7 Å². The molecular formula is C20H26N4O. The van der Waals surface area contributed by atoms with Crippen molar-refractivity contribution in [2.24, 2.45) is 5.92 Å². The standard InChI is InChI=1S/C20H26N4O/c1-16-7-6-12-24(14-16)19-13-18(22-15-23-19)20(25)21-11-5-10-17-8-3-2-4-9-17/h2-4,8-9,13,15-16H,5-7,10-12,14H2,1H3,(H,21,25). The summed E-state index contributed by atoms with van der Waals surface area (Å²) in [6.45, 7) is 4.90. The number of nitrogens with one attached hydrogen (secondary N) is 1. The second-order valence-corrected chi connectivity index (χ2v) is 6.80. The molecule has 1 N–H and O–H groups in total. The number of carbonyl (C=O) groups is 1. The molecule has 1 aromatic heterocycles. The molecule has 5 nitrogen and oxygen atoms in total. The first-order valence-electron chi connectivity index (χ1n) is 9.11. The Kier molecular flexibility index (Phi) is 5.99. The van der Waals surface area contributed by atoms with Gasteiger partial charge in [-0.25, -0.2) is 9.97 Å². The molecule has 0 bridgehead atoms. The van der Waals surface area contributed by atoms with Gasteiger partial charge >= 0.3 is 0 Å². The maximum absolute atomic E-state index is 12.3. The number of aromatic nitrogens is 2. The molecule has 2 aromatic rings. The maximum Gasteiger partial charge on any atom is 0.270 e. The fraction of sp³-hybridized carbons (Fsp3) is 0.450. The molecule has 1 aromatic carbocycles. The lowest BCUT2D eigenvalue weighted by Gasteiger charge is -2.31.